The molecule has 0 heterocycles. The summed E-state index contributed by atoms with van der Waals surface area (Å²) in [6, 6.07) is 0. The predicted molar refractivity (Wildman–Crippen MR) is 42.2 cm³/mol. The Bertz CT molecular complexity index is 145. The van der Waals surface area contributed by atoms with E-state index >= 15 is 0 Å². The smallest absolute Gasteiger partial charge is 0.234 e. The van der Waals surface area contributed by atoms with Crippen LogP contribution in [0.1, 0.15) is 13.8 Å². The Balaban J connectivity index is 3.30. The number of amides is 1. The molecule has 0 saturated carbocycles. The van der Waals surface area contributed by atoms with Gasteiger partial charge >= 0.3 is 0 Å². The lowest BCUT2D eigenvalue weighted by atomic mass is 10.4. The van der Waals surface area contributed by atoms with Gasteiger partial charge in [-0.1, -0.05) is 6.92 Å². The first-order chi connectivity index (χ1) is 5.16. The van der Waals surface area contributed by atoms with Gasteiger partial charge in [0.1, 0.15) is 5.78 Å². The zero-order valence-electron chi connectivity index (χ0n) is 6.94. The zero-order chi connectivity index (χ0) is 8.69. The van der Waals surface area contributed by atoms with Crippen molar-refractivity contribution in [3.05, 3.63) is 0 Å². The topological polar surface area (TPSA) is 58.2 Å². The Morgan fingerprint density at radius 2 is 1.91 bits per heavy atom. The lowest BCUT2D eigenvalue weighted by molar-refractivity contribution is -0.123. The van der Waals surface area contributed by atoms with Gasteiger partial charge in [-0.15, -0.1) is 0 Å². The molecule has 0 aliphatic heterocycles. The van der Waals surface area contributed by atoms with Crippen molar-refractivity contribution in [3.63, 3.8) is 0 Å². The fourth-order valence-corrected chi connectivity index (χ4v) is 0.524. The van der Waals surface area contributed by atoms with E-state index in [-0.39, 0.29) is 24.8 Å². The number of hydrogen-bond acceptors (Lipinski definition) is 3. The maximum atomic E-state index is 10.8. The van der Waals surface area contributed by atoms with E-state index < -0.39 is 0 Å². The summed E-state index contributed by atoms with van der Waals surface area (Å²) in [6.07, 6.45) is 0. The summed E-state index contributed by atoms with van der Waals surface area (Å²) in [4.78, 5) is 21.2. The zero-order valence-corrected chi connectivity index (χ0v) is 6.94. The molecular formula is C7H14N2O2. The van der Waals surface area contributed by atoms with Crippen molar-refractivity contribution in [2.75, 3.05) is 19.6 Å². The van der Waals surface area contributed by atoms with Crippen LogP contribution in [0.5, 0.6) is 0 Å². The molecule has 11 heavy (non-hydrogen) atoms. The molecule has 0 atom stereocenters. The van der Waals surface area contributed by atoms with Crippen LogP contribution in [0.2, 0.25) is 0 Å². The first-order valence-electron chi connectivity index (χ1n) is 3.63. The number of nitrogens with one attached hydrogen (secondary N) is 2. The third-order valence-electron chi connectivity index (χ3n) is 1.07. The molecule has 0 aromatic rings. The molecule has 0 aromatic carbocycles. The van der Waals surface area contributed by atoms with Crippen LogP contribution in [-0.4, -0.2) is 31.3 Å². The number of likely N-dealkylation sites (N-methyl/N-ethyl adjacent to an activating group) is 1. The number of ketones is 1. The second-order valence-electron chi connectivity index (χ2n) is 2.26. The molecule has 0 saturated heterocycles. The first-order valence-corrected chi connectivity index (χ1v) is 3.63. The van der Waals surface area contributed by atoms with E-state index in [1.54, 1.807) is 0 Å². The molecule has 64 valence electrons. The maximum absolute atomic E-state index is 10.8. The van der Waals surface area contributed by atoms with Crippen LogP contribution >= 0.6 is 0 Å². The molecule has 0 fully saturated rings. The molecule has 0 rings (SSSR count). The normalized spacial score (nSPS) is 9.27. The SMILES string of the molecule is CCNCC(=O)NCC(C)=O. The summed E-state index contributed by atoms with van der Waals surface area (Å²) in [7, 11) is 0. The number of carbonyl (C=O) groups is 2. The maximum Gasteiger partial charge on any atom is 0.234 e. The molecule has 0 unspecified atom stereocenters. The molecule has 0 radical (unpaired) electrons. The van der Waals surface area contributed by atoms with Crippen molar-refractivity contribution >= 4 is 11.7 Å². The molecule has 4 heteroatoms. The van der Waals surface area contributed by atoms with Crippen molar-refractivity contribution in [1.29, 1.82) is 0 Å². The standard InChI is InChI=1S/C7H14N2O2/c1-3-8-5-7(11)9-4-6(2)10/h8H,3-5H2,1-2H3,(H,9,11). The van der Waals surface area contributed by atoms with Crippen LogP contribution in [0.25, 0.3) is 0 Å². The highest BCUT2D eigenvalue weighted by molar-refractivity contribution is 5.85. The fraction of sp³-hybridized carbons (Fsp3) is 0.714. The van der Waals surface area contributed by atoms with E-state index in [9.17, 15) is 9.59 Å². The van der Waals surface area contributed by atoms with Gasteiger partial charge in [-0.25, -0.2) is 0 Å². The van der Waals surface area contributed by atoms with E-state index in [4.69, 9.17) is 0 Å². The van der Waals surface area contributed by atoms with E-state index in [1.807, 2.05) is 6.92 Å². The van der Waals surface area contributed by atoms with Crippen LogP contribution < -0.4 is 10.6 Å². The second kappa shape index (κ2) is 5.85. The molecule has 2 N–H and O–H groups in total. The number of rotatable bonds is 5. The summed E-state index contributed by atoms with van der Waals surface area (Å²) in [5, 5.41) is 5.31. The molecule has 0 aromatic heterocycles. The van der Waals surface area contributed by atoms with Gasteiger partial charge in [0.25, 0.3) is 0 Å². The minimum absolute atomic E-state index is 0.0325. The third-order valence-corrected chi connectivity index (χ3v) is 1.07. The van der Waals surface area contributed by atoms with Gasteiger partial charge < -0.3 is 10.6 Å². The Hall–Kier alpha value is -0.900. The van der Waals surface area contributed by atoms with Gasteiger partial charge in [-0.2, -0.15) is 0 Å². The summed E-state index contributed by atoms with van der Waals surface area (Å²) < 4.78 is 0. The Morgan fingerprint density at radius 1 is 1.27 bits per heavy atom. The minimum atomic E-state index is -0.137. The van der Waals surface area contributed by atoms with Crippen LogP contribution in [0, 0.1) is 0 Å². The quantitative estimate of drug-likeness (QED) is 0.556. The Kier molecular flexibility index (Phi) is 5.37. The van der Waals surface area contributed by atoms with E-state index in [0.29, 0.717) is 0 Å². The monoisotopic (exact) mass is 158 g/mol. The highest BCUT2D eigenvalue weighted by atomic mass is 16.2. The van der Waals surface area contributed by atoms with E-state index in [1.165, 1.54) is 6.92 Å². The molecule has 0 bridgehead atoms. The fourth-order valence-electron chi connectivity index (χ4n) is 0.524. The lowest BCUT2D eigenvalue weighted by Crippen LogP contribution is -2.36. The minimum Gasteiger partial charge on any atom is -0.348 e. The second-order valence-corrected chi connectivity index (χ2v) is 2.26. The highest BCUT2D eigenvalue weighted by Crippen LogP contribution is 1.66. The molecular weight excluding hydrogens is 144 g/mol. The van der Waals surface area contributed by atoms with Crippen molar-refractivity contribution in [2.24, 2.45) is 0 Å². The number of carbonyl (C=O) groups excluding carboxylic acids is 2. The summed E-state index contributed by atoms with van der Waals surface area (Å²) in [5.41, 5.74) is 0. The van der Waals surface area contributed by atoms with E-state index in [0.717, 1.165) is 6.54 Å². The van der Waals surface area contributed by atoms with Gasteiger partial charge in [0.15, 0.2) is 0 Å². The van der Waals surface area contributed by atoms with Gasteiger partial charge in [0.05, 0.1) is 13.1 Å². The van der Waals surface area contributed by atoms with Gasteiger partial charge in [-0.05, 0) is 13.5 Å². The van der Waals surface area contributed by atoms with Gasteiger partial charge in [0, 0.05) is 0 Å². The summed E-state index contributed by atoms with van der Waals surface area (Å²) in [5.74, 6) is -0.170. The van der Waals surface area contributed by atoms with E-state index in [2.05, 4.69) is 10.6 Å². The number of hydrogen-bond donors (Lipinski definition) is 2. The molecule has 0 aliphatic carbocycles. The van der Waals surface area contributed by atoms with Crippen molar-refractivity contribution < 1.29 is 9.59 Å². The first kappa shape index (κ1) is 10.1. The largest absolute Gasteiger partial charge is 0.348 e. The molecule has 0 aliphatic rings. The third kappa shape index (κ3) is 6.99. The molecule has 1 amide bonds. The van der Waals surface area contributed by atoms with Crippen LogP contribution in [0.4, 0.5) is 0 Å². The van der Waals surface area contributed by atoms with Crippen molar-refractivity contribution in [2.45, 2.75) is 13.8 Å². The number of Topliss-reactive ketones (excluding diaryl/α,β-unsaturated/α-hetero) is 1. The summed E-state index contributed by atoms with van der Waals surface area (Å²) in [6.45, 7) is 4.52. The van der Waals surface area contributed by atoms with Crippen LogP contribution in [0.15, 0.2) is 0 Å². The highest BCUT2D eigenvalue weighted by Gasteiger charge is 1.99. The van der Waals surface area contributed by atoms with Gasteiger partial charge in [-0.3, -0.25) is 9.59 Å². The van der Waals surface area contributed by atoms with Gasteiger partial charge in [0.2, 0.25) is 5.91 Å². The lowest BCUT2D eigenvalue weighted by Gasteiger charge is -2.01. The van der Waals surface area contributed by atoms with Crippen LogP contribution in [-0.2, 0) is 9.59 Å². The average molecular weight is 158 g/mol. The Labute approximate surface area is 66.4 Å². The van der Waals surface area contributed by atoms with Crippen LogP contribution in [0.3, 0.4) is 0 Å². The predicted octanol–water partition coefficient (Wildman–Crippen LogP) is -0.699. The summed E-state index contributed by atoms with van der Waals surface area (Å²) >= 11 is 0. The van der Waals surface area contributed by atoms with Crippen molar-refractivity contribution in [1.82, 2.24) is 10.6 Å². The molecule has 4 nitrogen and oxygen atoms in total. The Morgan fingerprint density at radius 3 is 2.36 bits per heavy atom. The van der Waals surface area contributed by atoms with Crippen molar-refractivity contribution in [3.8, 4) is 0 Å². The molecule has 0 spiro atoms. The average Bonchev–Trinajstić information content (AvgIpc) is 1.97.